The third kappa shape index (κ3) is 4.43. The normalized spacial score (nSPS) is 24.0. The van der Waals surface area contributed by atoms with Crippen LogP contribution in [0.3, 0.4) is 0 Å². The maximum absolute atomic E-state index is 4.77. The number of aryl methyl sites for hydroxylation is 1. The fraction of sp³-hybridized carbons (Fsp3) is 0.593. The quantitative estimate of drug-likeness (QED) is 0.779. The van der Waals surface area contributed by atoms with Gasteiger partial charge < -0.3 is 10.2 Å². The first-order valence-corrected chi connectivity index (χ1v) is 12.6. The summed E-state index contributed by atoms with van der Waals surface area (Å²) in [6.45, 7) is 11.3. The molecule has 2 aliphatic heterocycles. The Morgan fingerprint density at radius 2 is 1.91 bits per heavy atom. The van der Waals surface area contributed by atoms with Crippen LogP contribution >= 0.6 is 0 Å². The number of nitrogens with one attached hydrogen (secondary N) is 1. The minimum atomic E-state index is 0.447. The van der Waals surface area contributed by atoms with Gasteiger partial charge in [-0.15, -0.1) is 0 Å². The molecule has 5 heteroatoms. The highest BCUT2D eigenvalue weighted by Gasteiger charge is 2.29. The molecule has 1 fully saturated rings. The molecular formula is C27H39N5. The molecule has 1 aromatic heterocycles. The molecule has 5 nitrogen and oxygen atoms in total. The Hall–Kier alpha value is -1.95. The molecule has 32 heavy (non-hydrogen) atoms. The molecule has 0 bridgehead atoms. The van der Waals surface area contributed by atoms with Gasteiger partial charge in [-0.1, -0.05) is 18.2 Å². The van der Waals surface area contributed by atoms with E-state index in [9.17, 15) is 0 Å². The summed E-state index contributed by atoms with van der Waals surface area (Å²) in [6.07, 6.45) is 6.74. The summed E-state index contributed by atoms with van der Waals surface area (Å²) in [5.41, 5.74) is 7.29. The third-order valence-corrected chi connectivity index (χ3v) is 7.87. The highest BCUT2D eigenvalue weighted by molar-refractivity contribution is 5.58. The van der Waals surface area contributed by atoms with Gasteiger partial charge in [0.05, 0.1) is 11.7 Å². The Morgan fingerprint density at radius 3 is 2.72 bits per heavy atom. The number of hydrogen-bond acceptors (Lipinski definition) is 5. The van der Waals surface area contributed by atoms with Crippen LogP contribution in [0.5, 0.6) is 0 Å². The molecule has 172 valence electrons. The number of fused-ring (bicyclic) bond motifs is 2. The molecule has 0 saturated carbocycles. The number of hydrogen-bond donors (Lipinski definition) is 1. The SMILES string of the molecule is CC(C)N1CCN(c2cccc3c2C[C@@H](CN(C)[C@H]2CCCc4cccnc42)NC3)CC1. The maximum Gasteiger partial charge on any atom is 0.0607 e. The van der Waals surface area contributed by atoms with E-state index in [2.05, 4.69) is 71.2 Å². The second-order valence-electron chi connectivity index (χ2n) is 10.2. The highest BCUT2D eigenvalue weighted by Crippen LogP contribution is 2.33. The molecule has 1 aromatic carbocycles. The van der Waals surface area contributed by atoms with Crippen LogP contribution in [0.2, 0.25) is 0 Å². The van der Waals surface area contributed by atoms with Crippen molar-refractivity contribution in [3.05, 3.63) is 58.9 Å². The van der Waals surface area contributed by atoms with E-state index in [-0.39, 0.29) is 0 Å². The summed E-state index contributed by atoms with van der Waals surface area (Å²) in [4.78, 5) is 12.6. The molecule has 2 atom stereocenters. The second-order valence-corrected chi connectivity index (χ2v) is 10.2. The lowest BCUT2D eigenvalue weighted by Gasteiger charge is -2.41. The minimum Gasteiger partial charge on any atom is -0.369 e. The second kappa shape index (κ2) is 9.50. The molecule has 5 rings (SSSR count). The number of rotatable bonds is 5. The van der Waals surface area contributed by atoms with Crippen LogP contribution in [0.25, 0.3) is 0 Å². The molecule has 3 heterocycles. The number of anilines is 1. The van der Waals surface area contributed by atoms with Gasteiger partial charge in [-0.3, -0.25) is 14.8 Å². The van der Waals surface area contributed by atoms with Crippen LogP contribution in [0.15, 0.2) is 36.5 Å². The van der Waals surface area contributed by atoms with Crippen molar-refractivity contribution in [3.8, 4) is 0 Å². The fourth-order valence-corrected chi connectivity index (χ4v) is 5.99. The average Bonchev–Trinajstić information content (AvgIpc) is 2.83. The summed E-state index contributed by atoms with van der Waals surface area (Å²) < 4.78 is 0. The van der Waals surface area contributed by atoms with Crippen molar-refractivity contribution in [3.63, 3.8) is 0 Å². The summed E-state index contributed by atoms with van der Waals surface area (Å²) in [6, 6.07) is 12.9. The third-order valence-electron chi connectivity index (χ3n) is 7.87. The lowest BCUT2D eigenvalue weighted by atomic mass is 9.89. The average molecular weight is 434 g/mol. The topological polar surface area (TPSA) is 34.6 Å². The predicted octanol–water partition coefficient (Wildman–Crippen LogP) is 3.64. The van der Waals surface area contributed by atoms with Gasteiger partial charge in [0.1, 0.15) is 0 Å². The summed E-state index contributed by atoms with van der Waals surface area (Å²) in [5, 5.41) is 3.83. The number of likely N-dealkylation sites (N-methyl/N-ethyl adjacent to an activating group) is 1. The smallest absolute Gasteiger partial charge is 0.0607 e. The summed E-state index contributed by atoms with van der Waals surface area (Å²) >= 11 is 0. The van der Waals surface area contributed by atoms with Gasteiger partial charge in [-0.2, -0.15) is 0 Å². The van der Waals surface area contributed by atoms with Crippen LogP contribution in [0, 0.1) is 0 Å². The molecule has 2 aromatic rings. The standard InChI is InChI=1S/C27H39N5/c1-20(2)31-13-15-32(16-14-31)25-10-5-8-22-18-29-23(17-24(22)25)19-30(3)26-11-4-7-21-9-6-12-28-27(21)26/h5-6,8-10,12,20,23,26,29H,4,7,11,13-19H2,1-3H3/t23-,26-/m0/s1. The van der Waals surface area contributed by atoms with E-state index in [0.29, 0.717) is 18.1 Å². The largest absolute Gasteiger partial charge is 0.369 e. The van der Waals surface area contributed by atoms with Crippen molar-refractivity contribution in [2.24, 2.45) is 0 Å². The molecule has 1 saturated heterocycles. The van der Waals surface area contributed by atoms with Crippen LogP contribution in [0.1, 0.15) is 55.1 Å². The lowest BCUT2D eigenvalue weighted by Crippen LogP contribution is -2.50. The van der Waals surface area contributed by atoms with Gasteiger partial charge in [0.15, 0.2) is 0 Å². The molecule has 3 aliphatic rings. The first-order chi connectivity index (χ1) is 15.6. The van der Waals surface area contributed by atoms with E-state index in [1.807, 2.05) is 6.20 Å². The Balaban J connectivity index is 1.28. The molecule has 0 amide bonds. The summed E-state index contributed by atoms with van der Waals surface area (Å²) in [7, 11) is 2.29. The molecule has 1 aliphatic carbocycles. The van der Waals surface area contributed by atoms with Crippen LogP contribution < -0.4 is 10.2 Å². The highest BCUT2D eigenvalue weighted by atomic mass is 15.3. The Bertz CT molecular complexity index is 918. The van der Waals surface area contributed by atoms with Gasteiger partial charge in [-0.25, -0.2) is 0 Å². The monoisotopic (exact) mass is 433 g/mol. The van der Waals surface area contributed by atoms with E-state index in [4.69, 9.17) is 4.98 Å². The Labute approximate surface area is 193 Å². The zero-order valence-electron chi connectivity index (χ0n) is 20.1. The van der Waals surface area contributed by atoms with Crippen molar-refractivity contribution in [2.45, 2.75) is 64.2 Å². The molecule has 1 N–H and O–H groups in total. The van der Waals surface area contributed by atoms with E-state index < -0.39 is 0 Å². The number of piperazine rings is 1. The zero-order chi connectivity index (χ0) is 22.1. The van der Waals surface area contributed by atoms with Crippen molar-refractivity contribution in [1.82, 2.24) is 20.1 Å². The first-order valence-electron chi connectivity index (χ1n) is 12.6. The lowest BCUT2D eigenvalue weighted by molar-refractivity contribution is 0.190. The van der Waals surface area contributed by atoms with Gasteiger partial charge in [0.25, 0.3) is 0 Å². The summed E-state index contributed by atoms with van der Waals surface area (Å²) in [5.74, 6) is 0. The van der Waals surface area contributed by atoms with Gasteiger partial charge in [0, 0.05) is 63.2 Å². The van der Waals surface area contributed by atoms with Crippen LogP contribution in [-0.4, -0.2) is 66.6 Å². The van der Waals surface area contributed by atoms with Crippen molar-refractivity contribution in [2.75, 3.05) is 44.7 Å². The van der Waals surface area contributed by atoms with E-state index in [0.717, 1.165) is 32.6 Å². The van der Waals surface area contributed by atoms with Gasteiger partial charge in [0.2, 0.25) is 0 Å². The number of pyridine rings is 1. The van der Waals surface area contributed by atoms with Crippen LogP contribution in [-0.2, 0) is 19.4 Å². The molecule has 0 spiro atoms. The molecule has 0 radical (unpaired) electrons. The van der Waals surface area contributed by atoms with E-state index >= 15 is 0 Å². The van der Waals surface area contributed by atoms with Crippen molar-refractivity contribution >= 4 is 5.69 Å². The molecule has 0 unspecified atom stereocenters. The number of aromatic nitrogens is 1. The Morgan fingerprint density at radius 1 is 1.09 bits per heavy atom. The predicted molar refractivity (Wildman–Crippen MR) is 132 cm³/mol. The Kier molecular flexibility index (Phi) is 6.49. The maximum atomic E-state index is 4.77. The minimum absolute atomic E-state index is 0.447. The van der Waals surface area contributed by atoms with Gasteiger partial charge in [-0.05, 0) is 75.4 Å². The first kappa shape index (κ1) is 21.9. The molecular weight excluding hydrogens is 394 g/mol. The fourth-order valence-electron chi connectivity index (χ4n) is 5.99. The van der Waals surface area contributed by atoms with Crippen LogP contribution in [0.4, 0.5) is 5.69 Å². The number of benzene rings is 1. The van der Waals surface area contributed by atoms with E-state index in [1.54, 1.807) is 5.56 Å². The van der Waals surface area contributed by atoms with Crippen molar-refractivity contribution < 1.29 is 0 Å². The van der Waals surface area contributed by atoms with E-state index in [1.165, 1.54) is 54.9 Å². The van der Waals surface area contributed by atoms with Crippen molar-refractivity contribution in [1.29, 1.82) is 0 Å². The zero-order valence-corrected chi connectivity index (χ0v) is 20.1. The number of nitrogens with zero attached hydrogens (tertiary/aromatic N) is 4. The van der Waals surface area contributed by atoms with Gasteiger partial charge >= 0.3 is 0 Å².